The number of carbonyl (C=O) groups excluding carboxylic acids is 1. The molecule has 0 radical (unpaired) electrons. The van der Waals surface area contributed by atoms with Crippen LogP contribution in [0, 0.1) is 0 Å². The molecule has 0 aromatic carbocycles. The van der Waals surface area contributed by atoms with Gasteiger partial charge >= 0.3 is 0 Å². The number of amides is 1. The Balaban J connectivity index is 3.02. The molecule has 0 spiro atoms. The van der Waals surface area contributed by atoms with Crippen molar-refractivity contribution >= 4 is 5.91 Å². The number of hydrogen-bond acceptors (Lipinski definition) is 3. The van der Waals surface area contributed by atoms with Gasteiger partial charge in [-0.15, -0.1) is 0 Å². The SMILES string of the molecule is [2H]C([2H])([2H])Oc1ccncc1C(N)=O. The summed E-state index contributed by atoms with van der Waals surface area (Å²) < 4.78 is 25.1. The fourth-order valence-electron chi connectivity index (χ4n) is 0.656. The molecule has 58 valence electrons. The molecule has 0 saturated carbocycles. The first-order valence-corrected chi connectivity index (χ1v) is 2.83. The quantitative estimate of drug-likeness (QED) is 0.663. The third-order valence-corrected chi connectivity index (χ3v) is 1.16. The zero-order chi connectivity index (χ0) is 10.8. The van der Waals surface area contributed by atoms with E-state index in [9.17, 15) is 4.79 Å². The highest BCUT2D eigenvalue weighted by Crippen LogP contribution is 2.14. The van der Waals surface area contributed by atoms with Gasteiger partial charge in [-0.1, -0.05) is 0 Å². The lowest BCUT2D eigenvalue weighted by Crippen LogP contribution is -2.12. The van der Waals surface area contributed by atoms with E-state index in [4.69, 9.17) is 9.85 Å². The smallest absolute Gasteiger partial charge is 0.254 e. The molecule has 4 nitrogen and oxygen atoms in total. The molecule has 0 aliphatic heterocycles. The number of primary amides is 1. The van der Waals surface area contributed by atoms with Crippen molar-refractivity contribution in [2.45, 2.75) is 0 Å². The molecule has 1 aromatic heterocycles. The summed E-state index contributed by atoms with van der Waals surface area (Å²) in [6, 6.07) is 1.27. The molecule has 0 saturated heterocycles. The van der Waals surface area contributed by atoms with Crippen LogP contribution in [0.5, 0.6) is 5.75 Å². The van der Waals surface area contributed by atoms with Gasteiger partial charge in [0.25, 0.3) is 5.91 Å². The van der Waals surface area contributed by atoms with Gasteiger partial charge in [0, 0.05) is 12.4 Å². The Morgan fingerprint density at radius 3 is 3.36 bits per heavy atom. The summed E-state index contributed by atoms with van der Waals surface area (Å²) in [5, 5.41) is 0. The Bertz CT molecular complexity index is 351. The highest BCUT2D eigenvalue weighted by molar-refractivity contribution is 5.95. The Morgan fingerprint density at radius 1 is 1.91 bits per heavy atom. The fraction of sp³-hybridized carbons (Fsp3) is 0.143. The predicted molar refractivity (Wildman–Crippen MR) is 39.3 cm³/mol. The van der Waals surface area contributed by atoms with Crippen molar-refractivity contribution in [2.24, 2.45) is 5.73 Å². The number of methoxy groups -OCH3 is 1. The van der Waals surface area contributed by atoms with E-state index in [1.807, 2.05) is 0 Å². The topological polar surface area (TPSA) is 65.2 Å². The van der Waals surface area contributed by atoms with Crippen LogP contribution in [0.15, 0.2) is 18.5 Å². The molecule has 1 amide bonds. The van der Waals surface area contributed by atoms with E-state index in [1.165, 1.54) is 12.3 Å². The van der Waals surface area contributed by atoms with E-state index in [1.54, 1.807) is 0 Å². The Kier molecular flexibility index (Phi) is 1.18. The van der Waals surface area contributed by atoms with Crippen LogP contribution in [-0.4, -0.2) is 17.9 Å². The normalized spacial score (nSPS) is 14.4. The van der Waals surface area contributed by atoms with Crippen molar-refractivity contribution in [3.63, 3.8) is 0 Å². The van der Waals surface area contributed by atoms with Crippen molar-refractivity contribution in [3.8, 4) is 5.75 Å². The Hall–Kier alpha value is -1.58. The summed E-state index contributed by atoms with van der Waals surface area (Å²) in [7, 11) is -2.61. The fourth-order valence-corrected chi connectivity index (χ4v) is 0.656. The van der Waals surface area contributed by atoms with Crippen LogP contribution < -0.4 is 10.5 Å². The van der Waals surface area contributed by atoms with Crippen LogP contribution in [0.3, 0.4) is 0 Å². The molecule has 1 heterocycles. The molecule has 0 atom stereocenters. The van der Waals surface area contributed by atoms with Gasteiger partial charge in [-0.25, -0.2) is 0 Å². The summed E-state index contributed by atoms with van der Waals surface area (Å²) >= 11 is 0. The molecule has 0 aliphatic rings. The lowest BCUT2D eigenvalue weighted by Gasteiger charge is -2.02. The molecule has 0 bridgehead atoms. The first-order valence-electron chi connectivity index (χ1n) is 4.33. The van der Waals surface area contributed by atoms with Gasteiger partial charge in [0.05, 0.1) is 16.7 Å². The zero-order valence-electron chi connectivity index (χ0n) is 8.57. The van der Waals surface area contributed by atoms with Crippen molar-refractivity contribution in [1.29, 1.82) is 0 Å². The molecular formula is C7H8N2O2. The van der Waals surface area contributed by atoms with Gasteiger partial charge in [0.2, 0.25) is 0 Å². The van der Waals surface area contributed by atoms with Crippen LogP contribution in [0.25, 0.3) is 0 Å². The van der Waals surface area contributed by atoms with Crippen molar-refractivity contribution in [1.82, 2.24) is 4.98 Å². The summed E-state index contributed by atoms with van der Waals surface area (Å²) in [6.45, 7) is 0. The average molecular weight is 155 g/mol. The molecule has 2 N–H and O–H groups in total. The Labute approximate surface area is 68.2 Å². The molecule has 1 aromatic rings. The van der Waals surface area contributed by atoms with Gasteiger partial charge in [-0.05, 0) is 6.07 Å². The monoisotopic (exact) mass is 155 g/mol. The Morgan fingerprint density at radius 2 is 2.73 bits per heavy atom. The third-order valence-electron chi connectivity index (χ3n) is 1.16. The number of nitrogens with two attached hydrogens (primary N) is 1. The van der Waals surface area contributed by atoms with Gasteiger partial charge < -0.3 is 10.5 Å². The van der Waals surface area contributed by atoms with E-state index >= 15 is 0 Å². The molecule has 0 aliphatic carbocycles. The number of pyridine rings is 1. The number of rotatable bonds is 2. The van der Waals surface area contributed by atoms with Crippen LogP contribution in [0.2, 0.25) is 0 Å². The van der Waals surface area contributed by atoms with Crippen molar-refractivity contribution in [3.05, 3.63) is 24.0 Å². The summed E-state index contributed by atoms with van der Waals surface area (Å²) in [5.41, 5.74) is 4.94. The minimum Gasteiger partial charge on any atom is -0.496 e. The maximum absolute atomic E-state index is 10.8. The molecule has 11 heavy (non-hydrogen) atoms. The molecule has 0 unspecified atom stereocenters. The second kappa shape index (κ2) is 3.01. The zero-order valence-corrected chi connectivity index (χ0v) is 5.57. The van der Waals surface area contributed by atoms with Crippen LogP contribution >= 0.6 is 0 Å². The molecular weight excluding hydrogens is 144 g/mol. The summed E-state index contributed by atoms with van der Waals surface area (Å²) in [5.74, 6) is -0.871. The minimum absolute atomic E-state index is 0.0522. The van der Waals surface area contributed by atoms with Crippen LogP contribution in [0.4, 0.5) is 0 Å². The van der Waals surface area contributed by atoms with Gasteiger partial charge in [-0.2, -0.15) is 0 Å². The predicted octanol–water partition coefficient (Wildman–Crippen LogP) is 0.189. The van der Waals surface area contributed by atoms with Crippen LogP contribution in [-0.2, 0) is 0 Å². The van der Waals surface area contributed by atoms with Gasteiger partial charge in [-0.3, -0.25) is 9.78 Å². The summed E-state index contributed by atoms with van der Waals surface area (Å²) in [4.78, 5) is 14.5. The minimum atomic E-state index is -2.61. The van der Waals surface area contributed by atoms with Crippen molar-refractivity contribution in [2.75, 3.05) is 7.04 Å². The first kappa shape index (κ1) is 4.33. The van der Waals surface area contributed by atoms with E-state index in [2.05, 4.69) is 9.72 Å². The lowest BCUT2D eigenvalue weighted by atomic mass is 10.2. The first-order chi connectivity index (χ1) is 6.40. The lowest BCUT2D eigenvalue weighted by molar-refractivity contribution is 0.0997. The third kappa shape index (κ3) is 1.46. The summed E-state index contributed by atoms with van der Waals surface area (Å²) in [6.07, 6.45) is 2.47. The number of nitrogens with zero attached hydrogens (tertiary/aromatic N) is 1. The maximum atomic E-state index is 10.8. The highest BCUT2D eigenvalue weighted by Gasteiger charge is 2.06. The van der Waals surface area contributed by atoms with E-state index < -0.39 is 12.9 Å². The van der Waals surface area contributed by atoms with Crippen LogP contribution in [0.1, 0.15) is 14.5 Å². The molecule has 0 fully saturated rings. The van der Waals surface area contributed by atoms with E-state index in [0.717, 1.165) is 6.20 Å². The van der Waals surface area contributed by atoms with E-state index in [0.29, 0.717) is 0 Å². The average Bonchev–Trinajstić information content (AvgIpc) is 2.01. The molecule has 1 rings (SSSR count). The number of aromatic nitrogens is 1. The number of carbonyl (C=O) groups is 1. The number of ether oxygens (including phenoxy) is 1. The second-order valence-electron chi connectivity index (χ2n) is 1.84. The molecule has 4 heteroatoms. The van der Waals surface area contributed by atoms with Gasteiger partial charge in [0.15, 0.2) is 0 Å². The standard InChI is InChI=1S/C7H8N2O2/c1-11-6-2-3-9-4-5(6)7(8)10/h2-4H,1H3,(H2,8,10)/i1D3. The van der Waals surface area contributed by atoms with E-state index in [-0.39, 0.29) is 11.3 Å². The second-order valence-corrected chi connectivity index (χ2v) is 1.84. The van der Waals surface area contributed by atoms with Crippen molar-refractivity contribution < 1.29 is 13.6 Å². The largest absolute Gasteiger partial charge is 0.496 e. The van der Waals surface area contributed by atoms with Gasteiger partial charge in [0.1, 0.15) is 5.75 Å². The number of hydrogen-bond donors (Lipinski definition) is 1. The highest BCUT2D eigenvalue weighted by atomic mass is 16.5. The maximum Gasteiger partial charge on any atom is 0.254 e.